The first kappa shape index (κ1) is 15.4. The van der Waals surface area contributed by atoms with Crippen LogP contribution in [0.25, 0.3) is 11.3 Å². The Morgan fingerprint density at radius 3 is 2.81 bits per heavy atom. The third-order valence-corrected chi connectivity index (χ3v) is 7.47. The van der Waals surface area contributed by atoms with Crippen LogP contribution in [0, 0.1) is 0 Å². The molecule has 3 rings (SSSR count). The highest BCUT2D eigenvalue weighted by molar-refractivity contribution is 8.06. The maximum absolute atomic E-state index is 5.00. The second-order valence-corrected chi connectivity index (χ2v) is 8.48. The molecule has 0 radical (unpaired) electrons. The number of rotatable bonds is 5. The van der Waals surface area contributed by atoms with Gasteiger partial charge in [-0.1, -0.05) is 37.3 Å². The lowest BCUT2D eigenvalue weighted by molar-refractivity contribution is 0.735. The number of hydrogen-bond acceptors (Lipinski definition) is 5. The summed E-state index contributed by atoms with van der Waals surface area (Å²) in [5.41, 5.74) is 2.41. The predicted octanol–water partition coefficient (Wildman–Crippen LogP) is 4.44. The fraction of sp³-hybridized carbons (Fsp3) is 0.438. The van der Waals surface area contributed by atoms with Crippen LogP contribution < -0.4 is 5.32 Å². The molecule has 1 atom stereocenters. The summed E-state index contributed by atoms with van der Waals surface area (Å²) in [4.78, 5) is 6.37. The first-order valence-electron chi connectivity index (χ1n) is 7.33. The highest BCUT2D eigenvalue weighted by atomic mass is 32.2. The van der Waals surface area contributed by atoms with Gasteiger partial charge in [0.05, 0.1) is 10.9 Å². The van der Waals surface area contributed by atoms with Crippen LogP contribution in [0.3, 0.4) is 0 Å². The van der Waals surface area contributed by atoms with E-state index in [0.29, 0.717) is 5.25 Å². The molecule has 1 fully saturated rings. The van der Waals surface area contributed by atoms with Gasteiger partial charge >= 0.3 is 0 Å². The molecule has 0 spiro atoms. The van der Waals surface area contributed by atoms with Gasteiger partial charge in [0.15, 0.2) is 0 Å². The van der Waals surface area contributed by atoms with E-state index in [1.165, 1.54) is 38.4 Å². The minimum absolute atomic E-state index is 0.576. The maximum atomic E-state index is 5.00. The highest BCUT2D eigenvalue weighted by Gasteiger charge is 2.22. The minimum Gasteiger partial charge on any atom is -0.312 e. The second-order valence-electron chi connectivity index (χ2n) is 4.90. The molecule has 1 aliphatic rings. The van der Waals surface area contributed by atoms with Crippen molar-refractivity contribution >= 4 is 34.9 Å². The number of thiazole rings is 1. The average molecular weight is 337 g/mol. The Balaban J connectivity index is 1.90. The van der Waals surface area contributed by atoms with Crippen LogP contribution in [0.15, 0.2) is 30.3 Å². The molecule has 2 heterocycles. The van der Waals surface area contributed by atoms with Crippen molar-refractivity contribution in [2.75, 3.05) is 23.8 Å². The first-order valence-corrected chi connectivity index (χ1v) is 10.4. The predicted molar refractivity (Wildman–Crippen MR) is 97.5 cm³/mol. The van der Waals surface area contributed by atoms with Crippen LogP contribution in [0.5, 0.6) is 0 Å². The molecule has 0 bridgehead atoms. The SMILES string of the molecule is CCNCc1sc(C2CSCCS2)nc1-c1ccccc1. The summed E-state index contributed by atoms with van der Waals surface area (Å²) in [5.74, 6) is 3.73. The van der Waals surface area contributed by atoms with Gasteiger partial charge in [-0.25, -0.2) is 4.98 Å². The standard InChI is InChI=1S/C16H20N2S3/c1-2-17-10-13-15(12-6-4-3-5-7-12)18-16(21-13)14-11-19-8-9-20-14/h3-7,14,17H,2,8-11H2,1H3. The summed E-state index contributed by atoms with van der Waals surface area (Å²) in [6, 6.07) is 10.6. The third-order valence-electron chi connectivity index (χ3n) is 3.39. The Hall–Kier alpha value is -0.490. The van der Waals surface area contributed by atoms with Crippen molar-refractivity contribution in [3.8, 4) is 11.3 Å². The van der Waals surface area contributed by atoms with Gasteiger partial charge in [0.25, 0.3) is 0 Å². The molecule has 2 aromatic rings. The van der Waals surface area contributed by atoms with Crippen LogP contribution in [0.1, 0.15) is 22.1 Å². The molecule has 1 aromatic heterocycles. The Morgan fingerprint density at radius 1 is 1.24 bits per heavy atom. The van der Waals surface area contributed by atoms with Gasteiger partial charge in [-0.2, -0.15) is 11.8 Å². The highest BCUT2D eigenvalue weighted by Crippen LogP contribution is 2.41. The largest absolute Gasteiger partial charge is 0.312 e. The molecular weight excluding hydrogens is 316 g/mol. The lowest BCUT2D eigenvalue weighted by Crippen LogP contribution is -2.11. The van der Waals surface area contributed by atoms with Gasteiger partial charge in [0.1, 0.15) is 5.01 Å². The van der Waals surface area contributed by atoms with Crippen LogP contribution in [0.4, 0.5) is 0 Å². The molecule has 0 amide bonds. The fourth-order valence-corrected chi connectivity index (χ4v) is 6.36. The van der Waals surface area contributed by atoms with E-state index in [2.05, 4.69) is 66.1 Å². The first-order chi connectivity index (χ1) is 10.4. The van der Waals surface area contributed by atoms with Crippen LogP contribution in [-0.2, 0) is 6.54 Å². The number of benzene rings is 1. The molecule has 21 heavy (non-hydrogen) atoms. The second kappa shape index (κ2) is 7.68. The van der Waals surface area contributed by atoms with E-state index < -0.39 is 0 Å². The zero-order valence-corrected chi connectivity index (χ0v) is 14.6. The zero-order valence-electron chi connectivity index (χ0n) is 12.2. The topological polar surface area (TPSA) is 24.9 Å². The number of hydrogen-bond donors (Lipinski definition) is 1. The Bertz CT molecular complexity index is 562. The molecule has 1 aliphatic heterocycles. The van der Waals surface area contributed by atoms with Crippen molar-refractivity contribution in [1.29, 1.82) is 0 Å². The molecular formula is C16H20N2S3. The molecule has 1 saturated heterocycles. The van der Waals surface area contributed by atoms with Gasteiger partial charge < -0.3 is 5.32 Å². The monoisotopic (exact) mass is 336 g/mol. The molecule has 0 saturated carbocycles. The molecule has 2 nitrogen and oxygen atoms in total. The third kappa shape index (κ3) is 3.83. The Labute approximate surface area is 139 Å². The summed E-state index contributed by atoms with van der Waals surface area (Å²) >= 11 is 6.01. The van der Waals surface area contributed by atoms with E-state index >= 15 is 0 Å². The number of nitrogens with one attached hydrogen (secondary N) is 1. The molecule has 5 heteroatoms. The fourth-order valence-electron chi connectivity index (χ4n) is 2.32. The van der Waals surface area contributed by atoms with Crippen molar-refractivity contribution in [3.05, 3.63) is 40.2 Å². The van der Waals surface area contributed by atoms with E-state index in [1.807, 2.05) is 11.3 Å². The van der Waals surface area contributed by atoms with Crippen molar-refractivity contribution in [3.63, 3.8) is 0 Å². The van der Waals surface area contributed by atoms with E-state index in [-0.39, 0.29) is 0 Å². The summed E-state index contributed by atoms with van der Waals surface area (Å²) < 4.78 is 0. The average Bonchev–Trinajstić information content (AvgIpc) is 2.99. The minimum atomic E-state index is 0.576. The lowest BCUT2D eigenvalue weighted by Gasteiger charge is -2.18. The Kier molecular flexibility index (Phi) is 5.63. The van der Waals surface area contributed by atoms with Crippen LogP contribution in [0.2, 0.25) is 0 Å². The lowest BCUT2D eigenvalue weighted by atomic mass is 10.1. The zero-order chi connectivity index (χ0) is 14.5. The van der Waals surface area contributed by atoms with E-state index in [9.17, 15) is 0 Å². The normalized spacial score (nSPS) is 18.8. The molecule has 1 N–H and O–H groups in total. The van der Waals surface area contributed by atoms with E-state index in [0.717, 1.165) is 13.1 Å². The molecule has 0 aliphatic carbocycles. The molecule has 112 valence electrons. The summed E-state index contributed by atoms with van der Waals surface area (Å²) in [6.07, 6.45) is 0. The quantitative estimate of drug-likeness (QED) is 0.872. The van der Waals surface area contributed by atoms with Gasteiger partial charge in [-0.3, -0.25) is 0 Å². The van der Waals surface area contributed by atoms with Gasteiger partial charge in [-0.05, 0) is 6.54 Å². The van der Waals surface area contributed by atoms with Gasteiger partial charge in [0.2, 0.25) is 0 Å². The van der Waals surface area contributed by atoms with Crippen molar-refractivity contribution in [2.45, 2.75) is 18.7 Å². The van der Waals surface area contributed by atoms with Crippen LogP contribution >= 0.6 is 34.9 Å². The maximum Gasteiger partial charge on any atom is 0.107 e. The van der Waals surface area contributed by atoms with E-state index in [4.69, 9.17) is 4.98 Å². The van der Waals surface area contributed by atoms with Gasteiger partial charge in [0, 0.05) is 34.2 Å². The van der Waals surface area contributed by atoms with Crippen molar-refractivity contribution < 1.29 is 0 Å². The molecule has 1 aromatic carbocycles. The van der Waals surface area contributed by atoms with Gasteiger partial charge in [-0.15, -0.1) is 23.1 Å². The van der Waals surface area contributed by atoms with Crippen molar-refractivity contribution in [1.82, 2.24) is 10.3 Å². The van der Waals surface area contributed by atoms with Crippen LogP contribution in [-0.4, -0.2) is 28.8 Å². The summed E-state index contributed by atoms with van der Waals surface area (Å²) in [7, 11) is 0. The summed E-state index contributed by atoms with van der Waals surface area (Å²) in [5, 5.41) is 5.33. The Morgan fingerprint density at radius 2 is 2.10 bits per heavy atom. The van der Waals surface area contributed by atoms with Crippen molar-refractivity contribution in [2.24, 2.45) is 0 Å². The summed E-state index contributed by atoms with van der Waals surface area (Å²) in [6.45, 7) is 4.07. The number of nitrogens with zero attached hydrogens (tertiary/aromatic N) is 1. The smallest absolute Gasteiger partial charge is 0.107 e. The van der Waals surface area contributed by atoms with E-state index in [1.54, 1.807) is 0 Å². The number of aromatic nitrogens is 1. The number of thioether (sulfide) groups is 2. The molecule has 1 unspecified atom stereocenters.